The first kappa shape index (κ1) is 17.5. The first-order chi connectivity index (χ1) is 11.9. The number of hydrogen-bond acceptors (Lipinski definition) is 4. The molecule has 0 unspecified atom stereocenters. The van der Waals surface area contributed by atoms with Crippen LogP contribution in [0.4, 0.5) is 8.78 Å². The molecule has 2 aromatic rings. The number of halogens is 2. The van der Waals surface area contributed by atoms with Gasteiger partial charge in [0.15, 0.2) is 0 Å². The molecule has 1 amide bonds. The topological polar surface area (TPSA) is 70.5 Å². The van der Waals surface area contributed by atoms with Crippen LogP contribution in [0.15, 0.2) is 23.6 Å². The monoisotopic (exact) mass is 366 g/mol. The average Bonchev–Trinajstić information content (AvgIpc) is 3.03. The van der Waals surface area contributed by atoms with E-state index in [-0.39, 0.29) is 16.3 Å². The third-order valence-electron chi connectivity index (χ3n) is 4.47. The van der Waals surface area contributed by atoms with Gasteiger partial charge >= 0.3 is 5.97 Å². The van der Waals surface area contributed by atoms with E-state index in [1.54, 1.807) is 6.92 Å². The van der Waals surface area contributed by atoms with Gasteiger partial charge in [-0.3, -0.25) is 9.59 Å². The van der Waals surface area contributed by atoms with Gasteiger partial charge in [-0.1, -0.05) is 6.07 Å². The maximum atomic E-state index is 13.9. The molecule has 3 rings (SSSR count). The van der Waals surface area contributed by atoms with E-state index < -0.39 is 35.5 Å². The highest BCUT2D eigenvalue weighted by molar-refractivity contribution is 7.13. The number of amides is 1. The summed E-state index contributed by atoms with van der Waals surface area (Å²) in [5.41, 5.74) is -0.192. The number of carbonyl (C=O) groups is 2. The number of likely N-dealkylation sites (tertiary alicyclic amines) is 1. The summed E-state index contributed by atoms with van der Waals surface area (Å²) in [7, 11) is 0. The molecule has 1 aromatic heterocycles. The Morgan fingerprint density at radius 2 is 2.00 bits per heavy atom. The smallest absolute Gasteiger partial charge is 0.308 e. The highest BCUT2D eigenvalue weighted by Crippen LogP contribution is 2.30. The largest absolute Gasteiger partial charge is 0.481 e. The number of piperidine rings is 1. The Morgan fingerprint density at radius 3 is 2.64 bits per heavy atom. The lowest BCUT2D eigenvalue weighted by molar-refractivity contribution is -0.144. The Labute approximate surface area is 146 Å². The van der Waals surface area contributed by atoms with Gasteiger partial charge < -0.3 is 10.0 Å². The minimum Gasteiger partial charge on any atom is -0.481 e. The van der Waals surface area contributed by atoms with Gasteiger partial charge in [-0.25, -0.2) is 13.8 Å². The van der Waals surface area contributed by atoms with Gasteiger partial charge in [0, 0.05) is 18.0 Å². The normalized spacial score (nSPS) is 20.5. The van der Waals surface area contributed by atoms with E-state index >= 15 is 0 Å². The van der Waals surface area contributed by atoms with Crippen LogP contribution < -0.4 is 0 Å². The minimum absolute atomic E-state index is 0.0699. The molecule has 0 spiro atoms. The Bertz CT molecular complexity index is 804. The van der Waals surface area contributed by atoms with Gasteiger partial charge in [0.05, 0.1) is 11.5 Å². The fraction of sp³-hybridized carbons (Fsp3) is 0.353. The van der Waals surface area contributed by atoms with Crippen molar-refractivity contribution in [2.75, 3.05) is 6.54 Å². The molecule has 0 bridgehead atoms. The molecule has 1 N–H and O–H groups in total. The quantitative estimate of drug-likeness (QED) is 0.904. The van der Waals surface area contributed by atoms with Crippen LogP contribution in [0.5, 0.6) is 0 Å². The first-order valence-electron chi connectivity index (χ1n) is 7.84. The first-order valence-corrected chi connectivity index (χ1v) is 8.71. The molecule has 0 aliphatic carbocycles. The van der Waals surface area contributed by atoms with E-state index in [1.165, 1.54) is 16.3 Å². The van der Waals surface area contributed by atoms with Crippen molar-refractivity contribution in [1.29, 1.82) is 0 Å². The van der Waals surface area contributed by atoms with Crippen molar-refractivity contribution < 1.29 is 23.5 Å². The maximum absolute atomic E-state index is 13.9. The molecule has 5 nitrogen and oxygen atoms in total. The number of aromatic nitrogens is 1. The average molecular weight is 366 g/mol. The summed E-state index contributed by atoms with van der Waals surface area (Å²) in [5.74, 6) is -3.47. The molecule has 0 saturated carbocycles. The summed E-state index contributed by atoms with van der Waals surface area (Å²) in [6, 6.07) is 3.06. The van der Waals surface area contributed by atoms with Crippen molar-refractivity contribution in [3.63, 3.8) is 0 Å². The minimum atomic E-state index is -0.933. The lowest BCUT2D eigenvalue weighted by atomic mass is 9.90. The maximum Gasteiger partial charge on any atom is 0.308 e. The van der Waals surface area contributed by atoms with Crippen molar-refractivity contribution in [2.24, 2.45) is 5.92 Å². The van der Waals surface area contributed by atoms with E-state index in [4.69, 9.17) is 0 Å². The van der Waals surface area contributed by atoms with Crippen molar-refractivity contribution in [2.45, 2.75) is 25.8 Å². The van der Waals surface area contributed by atoms with Crippen LogP contribution in [0.3, 0.4) is 0 Å². The van der Waals surface area contributed by atoms with Crippen molar-refractivity contribution in [1.82, 2.24) is 9.88 Å². The number of carboxylic acids is 1. The van der Waals surface area contributed by atoms with E-state index in [9.17, 15) is 23.5 Å². The molecule has 1 aliphatic heterocycles. The number of aliphatic carboxylic acids is 1. The van der Waals surface area contributed by atoms with Crippen molar-refractivity contribution in [3.05, 3.63) is 40.9 Å². The fourth-order valence-electron chi connectivity index (χ4n) is 3.10. The highest BCUT2D eigenvalue weighted by atomic mass is 32.1. The van der Waals surface area contributed by atoms with Gasteiger partial charge in [0.1, 0.15) is 22.3 Å². The summed E-state index contributed by atoms with van der Waals surface area (Å²) in [6.07, 6.45) is 1.11. The standard InChI is InChI=1S/C17H16F2N2O3S/c1-9-10(17(23)24)4-3-7-21(9)16(22)13-8-25-15(20-13)14-11(18)5-2-6-12(14)19/h2,5-6,8-10H,3-4,7H2,1H3,(H,23,24)/t9-,10-/m1/s1. The van der Waals surface area contributed by atoms with E-state index in [1.807, 2.05) is 0 Å². The predicted molar refractivity (Wildman–Crippen MR) is 88.3 cm³/mol. The Morgan fingerprint density at radius 1 is 1.32 bits per heavy atom. The second kappa shape index (κ2) is 6.87. The van der Waals surface area contributed by atoms with Crippen LogP contribution in [0.1, 0.15) is 30.3 Å². The van der Waals surface area contributed by atoms with Crippen molar-refractivity contribution in [3.8, 4) is 10.6 Å². The summed E-state index contributed by atoms with van der Waals surface area (Å²) in [4.78, 5) is 29.5. The molecule has 1 aromatic carbocycles. The van der Waals surface area contributed by atoms with Crippen LogP contribution in [0.2, 0.25) is 0 Å². The Hall–Kier alpha value is -2.35. The van der Waals surface area contributed by atoms with E-state index in [0.29, 0.717) is 19.4 Å². The van der Waals surface area contributed by atoms with E-state index in [0.717, 1.165) is 23.5 Å². The molecular formula is C17H16F2N2O3S. The number of thiazole rings is 1. The van der Waals surface area contributed by atoms with Crippen LogP contribution in [-0.2, 0) is 4.79 Å². The van der Waals surface area contributed by atoms with Crippen LogP contribution in [0.25, 0.3) is 10.6 Å². The summed E-state index contributed by atoms with van der Waals surface area (Å²) in [5, 5.41) is 10.8. The lowest BCUT2D eigenvalue weighted by Crippen LogP contribution is -2.49. The second-order valence-electron chi connectivity index (χ2n) is 5.96. The lowest BCUT2D eigenvalue weighted by Gasteiger charge is -2.37. The number of rotatable bonds is 3. The van der Waals surface area contributed by atoms with Crippen molar-refractivity contribution >= 4 is 23.2 Å². The zero-order valence-electron chi connectivity index (χ0n) is 13.4. The third kappa shape index (κ3) is 3.26. The zero-order valence-corrected chi connectivity index (χ0v) is 14.2. The molecule has 1 aliphatic rings. The zero-order chi connectivity index (χ0) is 18.1. The predicted octanol–water partition coefficient (Wildman–Crippen LogP) is 3.41. The Balaban J connectivity index is 1.87. The van der Waals surface area contributed by atoms with Gasteiger partial charge in [0.25, 0.3) is 5.91 Å². The number of benzene rings is 1. The number of carbonyl (C=O) groups excluding carboxylic acids is 1. The summed E-state index contributed by atoms with van der Waals surface area (Å²) < 4.78 is 27.7. The van der Waals surface area contributed by atoms with Gasteiger partial charge in [-0.15, -0.1) is 11.3 Å². The van der Waals surface area contributed by atoms with E-state index in [2.05, 4.69) is 4.98 Å². The fourth-order valence-corrected chi connectivity index (χ4v) is 3.94. The highest BCUT2D eigenvalue weighted by Gasteiger charge is 2.36. The molecule has 132 valence electrons. The molecular weight excluding hydrogens is 350 g/mol. The molecule has 1 saturated heterocycles. The number of nitrogens with zero attached hydrogens (tertiary/aromatic N) is 2. The van der Waals surface area contributed by atoms with Gasteiger partial charge in [-0.05, 0) is 31.9 Å². The molecule has 25 heavy (non-hydrogen) atoms. The molecule has 1 fully saturated rings. The molecule has 8 heteroatoms. The molecule has 0 radical (unpaired) electrons. The van der Waals surface area contributed by atoms with Crippen LogP contribution in [-0.4, -0.2) is 39.5 Å². The van der Waals surface area contributed by atoms with Crippen LogP contribution in [0, 0.1) is 17.6 Å². The number of hydrogen-bond donors (Lipinski definition) is 1. The summed E-state index contributed by atoms with van der Waals surface area (Å²) in [6.45, 7) is 2.13. The molecule has 2 heterocycles. The second-order valence-corrected chi connectivity index (χ2v) is 6.82. The summed E-state index contributed by atoms with van der Waals surface area (Å²) >= 11 is 0.977. The third-order valence-corrected chi connectivity index (χ3v) is 5.33. The SMILES string of the molecule is C[C@@H]1[C@H](C(=O)O)CCCN1C(=O)c1csc(-c2c(F)cccc2F)n1. The number of carboxylic acid groups (broad SMARTS) is 1. The van der Waals surface area contributed by atoms with Crippen LogP contribution >= 0.6 is 11.3 Å². The Kier molecular flexibility index (Phi) is 4.80. The molecule has 2 atom stereocenters. The van der Waals surface area contributed by atoms with Gasteiger partial charge in [0.2, 0.25) is 0 Å². The van der Waals surface area contributed by atoms with Gasteiger partial charge in [-0.2, -0.15) is 0 Å².